The number of aryl methyl sites for hydroxylation is 2. The SMILES string of the molecule is Cc1cc(C)cc(C[C@@H](CC(=O)O)C(=O)O)c1. The zero-order valence-electron chi connectivity index (χ0n) is 9.93. The molecule has 0 aliphatic carbocycles. The van der Waals surface area contributed by atoms with Crippen LogP contribution in [0.3, 0.4) is 0 Å². The number of rotatable bonds is 5. The molecule has 92 valence electrons. The molecule has 0 unspecified atom stereocenters. The average molecular weight is 236 g/mol. The van der Waals surface area contributed by atoms with Gasteiger partial charge in [0.05, 0.1) is 12.3 Å². The highest BCUT2D eigenvalue weighted by Crippen LogP contribution is 2.16. The van der Waals surface area contributed by atoms with E-state index in [4.69, 9.17) is 10.2 Å². The summed E-state index contributed by atoms with van der Waals surface area (Å²) in [4.78, 5) is 21.5. The zero-order valence-corrected chi connectivity index (χ0v) is 9.93. The van der Waals surface area contributed by atoms with Crippen LogP contribution in [-0.2, 0) is 16.0 Å². The number of carbonyl (C=O) groups is 2. The Morgan fingerprint density at radius 3 is 2.06 bits per heavy atom. The molecule has 0 heterocycles. The van der Waals surface area contributed by atoms with Gasteiger partial charge in [-0.3, -0.25) is 9.59 Å². The van der Waals surface area contributed by atoms with Crippen molar-refractivity contribution in [2.75, 3.05) is 0 Å². The summed E-state index contributed by atoms with van der Waals surface area (Å²) in [6.45, 7) is 3.87. The van der Waals surface area contributed by atoms with Crippen molar-refractivity contribution < 1.29 is 19.8 Å². The predicted octanol–water partition coefficient (Wildman–Crippen LogP) is 2.02. The van der Waals surface area contributed by atoms with Gasteiger partial charge in [0.15, 0.2) is 0 Å². The van der Waals surface area contributed by atoms with Crippen LogP contribution in [-0.4, -0.2) is 22.2 Å². The quantitative estimate of drug-likeness (QED) is 0.820. The van der Waals surface area contributed by atoms with Gasteiger partial charge >= 0.3 is 11.9 Å². The topological polar surface area (TPSA) is 74.6 Å². The third kappa shape index (κ3) is 4.26. The molecule has 1 aromatic carbocycles. The molecule has 0 radical (unpaired) electrons. The van der Waals surface area contributed by atoms with Crippen molar-refractivity contribution in [3.63, 3.8) is 0 Å². The number of hydrogen-bond donors (Lipinski definition) is 2. The lowest BCUT2D eigenvalue weighted by Crippen LogP contribution is -2.20. The predicted molar refractivity (Wildman–Crippen MR) is 63.0 cm³/mol. The lowest BCUT2D eigenvalue weighted by Gasteiger charge is -2.11. The van der Waals surface area contributed by atoms with Crippen LogP contribution in [0.4, 0.5) is 0 Å². The van der Waals surface area contributed by atoms with E-state index in [0.717, 1.165) is 16.7 Å². The van der Waals surface area contributed by atoms with Crippen molar-refractivity contribution in [2.24, 2.45) is 5.92 Å². The van der Waals surface area contributed by atoms with E-state index in [1.54, 1.807) is 0 Å². The molecule has 2 N–H and O–H groups in total. The lowest BCUT2D eigenvalue weighted by atomic mass is 9.94. The number of carboxylic acid groups (broad SMARTS) is 2. The van der Waals surface area contributed by atoms with Gasteiger partial charge in [-0.05, 0) is 25.8 Å². The van der Waals surface area contributed by atoms with E-state index < -0.39 is 17.9 Å². The van der Waals surface area contributed by atoms with Gasteiger partial charge in [-0.1, -0.05) is 29.3 Å². The fourth-order valence-electron chi connectivity index (χ4n) is 1.93. The standard InChI is InChI=1S/C13H16O4/c1-8-3-9(2)5-10(4-8)6-11(13(16)17)7-12(14)15/h3-5,11H,6-7H2,1-2H3,(H,14,15)(H,16,17)/t11-/m0/s1. The van der Waals surface area contributed by atoms with Crippen molar-refractivity contribution in [3.8, 4) is 0 Å². The number of aliphatic carboxylic acids is 2. The normalized spacial score (nSPS) is 12.1. The summed E-state index contributed by atoms with van der Waals surface area (Å²) >= 11 is 0. The summed E-state index contributed by atoms with van der Waals surface area (Å²) in [6.07, 6.45) is -0.0908. The smallest absolute Gasteiger partial charge is 0.307 e. The molecule has 0 aliphatic rings. The maximum atomic E-state index is 10.9. The van der Waals surface area contributed by atoms with Crippen LogP contribution in [0.2, 0.25) is 0 Å². The maximum Gasteiger partial charge on any atom is 0.307 e. The zero-order chi connectivity index (χ0) is 13.0. The second kappa shape index (κ2) is 5.48. The monoisotopic (exact) mass is 236 g/mol. The van der Waals surface area contributed by atoms with Gasteiger partial charge in [-0.15, -0.1) is 0 Å². The fourth-order valence-corrected chi connectivity index (χ4v) is 1.93. The Morgan fingerprint density at radius 1 is 1.12 bits per heavy atom. The summed E-state index contributed by atoms with van der Waals surface area (Å²) in [5, 5.41) is 17.6. The Labute approximate surface area is 99.9 Å². The van der Waals surface area contributed by atoms with Gasteiger partial charge in [0.2, 0.25) is 0 Å². The Hall–Kier alpha value is -1.84. The highest BCUT2D eigenvalue weighted by molar-refractivity contribution is 5.78. The van der Waals surface area contributed by atoms with E-state index in [2.05, 4.69) is 0 Å². The van der Waals surface area contributed by atoms with Gasteiger partial charge in [-0.2, -0.15) is 0 Å². The summed E-state index contributed by atoms with van der Waals surface area (Å²) in [5.41, 5.74) is 2.98. The molecule has 4 nitrogen and oxygen atoms in total. The minimum absolute atomic E-state index is 0.254. The fraction of sp³-hybridized carbons (Fsp3) is 0.385. The molecule has 1 atom stereocenters. The van der Waals surface area contributed by atoms with Crippen molar-refractivity contribution in [3.05, 3.63) is 34.9 Å². The summed E-state index contributed by atoms with van der Waals surface area (Å²) < 4.78 is 0. The van der Waals surface area contributed by atoms with Crippen LogP contribution in [0.15, 0.2) is 18.2 Å². The Bertz CT molecular complexity index is 417. The van der Waals surface area contributed by atoms with Crippen LogP contribution in [0.1, 0.15) is 23.1 Å². The minimum Gasteiger partial charge on any atom is -0.481 e. The molecule has 0 aliphatic heterocycles. The van der Waals surface area contributed by atoms with Crippen molar-refractivity contribution in [2.45, 2.75) is 26.7 Å². The van der Waals surface area contributed by atoms with Gasteiger partial charge < -0.3 is 10.2 Å². The van der Waals surface area contributed by atoms with Crippen LogP contribution in [0.25, 0.3) is 0 Å². The molecule has 0 amide bonds. The van der Waals surface area contributed by atoms with E-state index in [0.29, 0.717) is 0 Å². The molecule has 0 bridgehead atoms. The van der Waals surface area contributed by atoms with E-state index in [1.165, 1.54) is 0 Å². The van der Waals surface area contributed by atoms with Crippen molar-refractivity contribution in [1.29, 1.82) is 0 Å². The largest absolute Gasteiger partial charge is 0.481 e. The van der Waals surface area contributed by atoms with Crippen molar-refractivity contribution >= 4 is 11.9 Å². The molecule has 17 heavy (non-hydrogen) atoms. The van der Waals surface area contributed by atoms with Crippen LogP contribution >= 0.6 is 0 Å². The molecule has 4 heteroatoms. The summed E-state index contributed by atoms with van der Waals surface area (Å²) in [6, 6.07) is 5.78. The van der Waals surface area contributed by atoms with E-state index in [-0.39, 0.29) is 12.8 Å². The molecule has 1 rings (SSSR count). The second-order valence-electron chi connectivity index (χ2n) is 4.33. The maximum absolute atomic E-state index is 10.9. The molecular formula is C13H16O4. The van der Waals surface area contributed by atoms with Crippen LogP contribution < -0.4 is 0 Å². The summed E-state index contributed by atoms with van der Waals surface area (Å²) in [7, 11) is 0. The average Bonchev–Trinajstić information content (AvgIpc) is 2.13. The Morgan fingerprint density at radius 2 is 1.65 bits per heavy atom. The van der Waals surface area contributed by atoms with Gasteiger partial charge in [0.25, 0.3) is 0 Å². The molecule has 0 spiro atoms. The van der Waals surface area contributed by atoms with Crippen LogP contribution in [0, 0.1) is 19.8 Å². The first kappa shape index (κ1) is 13.2. The number of hydrogen-bond acceptors (Lipinski definition) is 2. The molecule has 0 fully saturated rings. The number of benzene rings is 1. The third-order valence-electron chi connectivity index (χ3n) is 2.53. The molecule has 0 saturated heterocycles. The number of carboxylic acids is 2. The van der Waals surface area contributed by atoms with E-state index in [9.17, 15) is 9.59 Å². The van der Waals surface area contributed by atoms with Crippen molar-refractivity contribution in [1.82, 2.24) is 0 Å². The first-order chi connectivity index (χ1) is 7.88. The molecule has 0 saturated carbocycles. The highest BCUT2D eigenvalue weighted by atomic mass is 16.4. The third-order valence-corrected chi connectivity index (χ3v) is 2.53. The van der Waals surface area contributed by atoms with Gasteiger partial charge in [-0.25, -0.2) is 0 Å². The molecule has 1 aromatic rings. The molecule has 0 aromatic heterocycles. The lowest BCUT2D eigenvalue weighted by molar-refractivity contribution is -0.148. The van der Waals surface area contributed by atoms with Gasteiger partial charge in [0.1, 0.15) is 0 Å². The van der Waals surface area contributed by atoms with E-state index in [1.807, 2.05) is 32.0 Å². The molecular weight excluding hydrogens is 220 g/mol. The summed E-state index contributed by atoms with van der Waals surface area (Å²) in [5.74, 6) is -3.01. The Kier molecular flexibility index (Phi) is 4.26. The van der Waals surface area contributed by atoms with Crippen LogP contribution in [0.5, 0.6) is 0 Å². The second-order valence-corrected chi connectivity index (χ2v) is 4.33. The van der Waals surface area contributed by atoms with Gasteiger partial charge in [0, 0.05) is 0 Å². The first-order valence-corrected chi connectivity index (χ1v) is 5.40. The minimum atomic E-state index is -1.08. The van der Waals surface area contributed by atoms with E-state index >= 15 is 0 Å². The Balaban J connectivity index is 2.85. The first-order valence-electron chi connectivity index (χ1n) is 5.40. The highest BCUT2D eigenvalue weighted by Gasteiger charge is 2.21.